The Morgan fingerprint density at radius 1 is 0.643 bits per heavy atom. The molecule has 1 aromatic heterocycles. The Balaban J connectivity index is 1.56. The molecule has 0 amide bonds. The summed E-state index contributed by atoms with van der Waals surface area (Å²) in [6.07, 6.45) is 6.98. The molecule has 0 saturated heterocycles. The Hall–Kier alpha value is -3.39. The molecule has 0 fully saturated rings. The minimum atomic E-state index is 0.987. The molecule has 7 rings (SSSR count). The number of rotatable bonds is 0. The van der Waals surface area contributed by atoms with Crippen molar-refractivity contribution in [1.82, 2.24) is 4.98 Å². The largest absolute Gasteiger partial charge is 0.308 e. The molecule has 0 radical (unpaired) electrons. The van der Waals surface area contributed by atoms with Gasteiger partial charge in [-0.15, -0.1) is 0 Å². The molecule has 2 heteroatoms. The summed E-state index contributed by atoms with van der Waals surface area (Å²) in [5.41, 5.74) is 15.4. The van der Waals surface area contributed by atoms with E-state index in [-0.39, 0.29) is 0 Å². The van der Waals surface area contributed by atoms with E-state index in [4.69, 9.17) is 0 Å². The van der Waals surface area contributed by atoms with Crippen molar-refractivity contribution in [3.8, 4) is 11.1 Å². The van der Waals surface area contributed by atoms with Gasteiger partial charge in [-0.2, -0.15) is 0 Å². The van der Waals surface area contributed by atoms with Crippen LogP contribution in [0.5, 0.6) is 0 Å². The molecule has 0 N–H and O–H groups in total. The van der Waals surface area contributed by atoms with Gasteiger partial charge in [0.1, 0.15) is 0 Å². The summed E-state index contributed by atoms with van der Waals surface area (Å²) in [4.78, 5) is 6.93. The van der Waals surface area contributed by atoms with Crippen molar-refractivity contribution in [3.05, 3.63) is 106 Å². The molecule has 2 aliphatic heterocycles. The van der Waals surface area contributed by atoms with Gasteiger partial charge in [-0.1, -0.05) is 48.5 Å². The highest BCUT2D eigenvalue weighted by atomic mass is 15.2. The molecule has 0 unspecified atom stereocenters. The molecule has 28 heavy (non-hydrogen) atoms. The number of nitrogens with zero attached hydrogens (tertiary/aromatic N) is 2. The lowest BCUT2D eigenvalue weighted by Gasteiger charge is -2.39. The number of hydrogen-bond donors (Lipinski definition) is 0. The molecule has 3 heterocycles. The van der Waals surface area contributed by atoms with E-state index in [0.29, 0.717) is 0 Å². The molecule has 3 aliphatic rings. The van der Waals surface area contributed by atoms with Crippen molar-refractivity contribution in [3.63, 3.8) is 0 Å². The van der Waals surface area contributed by atoms with Crippen molar-refractivity contribution in [2.24, 2.45) is 0 Å². The van der Waals surface area contributed by atoms with Crippen molar-refractivity contribution in [2.75, 3.05) is 4.90 Å². The summed E-state index contributed by atoms with van der Waals surface area (Å²) in [6, 6.07) is 22.5. The molecule has 3 aromatic carbocycles. The van der Waals surface area contributed by atoms with Crippen LogP contribution in [-0.4, -0.2) is 4.98 Å². The van der Waals surface area contributed by atoms with Crippen LogP contribution < -0.4 is 4.90 Å². The van der Waals surface area contributed by atoms with E-state index >= 15 is 0 Å². The van der Waals surface area contributed by atoms with E-state index in [1.54, 1.807) is 0 Å². The normalized spacial score (nSPS) is 14.6. The van der Waals surface area contributed by atoms with E-state index in [2.05, 4.69) is 70.5 Å². The molecular formula is C26H18N2. The zero-order valence-electron chi connectivity index (χ0n) is 15.4. The van der Waals surface area contributed by atoms with E-state index in [1.807, 2.05) is 12.4 Å². The van der Waals surface area contributed by atoms with Crippen LogP contribution in [0.1, 0.15) is 33.4 Å². The van der Waals surface area contributed by atoms with Crippen LogP contribution in [0.15, 0.2) is 73.1 Å². The number of pyridine rings is 1. The number of fused-ring (bicyclic) bond motifs is 8. The summed E-state index contributed by atoms with van der Waals surface area (Å²) in [5, 5.41) is 0. The summed E-state index contributed by atoms with van der Waals surface area (Å²) < 4.78 is 0. The standard InChI is InChI=1S/C26H18N2/c1-2-7-21-16(4-1)12-18-8-9-23-22(25(18)21)14-20-6-3-5-19-13-17-10-11-27-15-24(17)28(23)26(19)20/h1-11,15H,12-14H2. The Morgan fingerprint density at radius 3 is 2.43 bits per heavy atom. The third kappa shape index (κ3) is 1.75. The molecular weight excluding hydrogens is 340 g/mol. The summed E-state index contributed by atoms with van der Waals surface area (Å²) in [5.74, 6) is 0. The van der Waals surface area contributed by atoms with Crippen molar-refractivity contribution in [2.45, 2.75) is 19.3 Å². The van der Waals surface area contributed by atoms with E-state index in [9.17, 15) is 0 Å². The average molecular weight is 358 g/mol. The average Bonchev–Trinajstić information content (AvgIpc) is 3.12. The highest BCUT2D eigenvalue weighted by Gasteiger charge is 2.34. The highest BCUT2D eigenvalue weighted by Crippen LogP contribution is 2.53. The maximum absolute atomic E-state index is 4.46. The van der Waals surface area contributed by atoms with Gasteiger partial charge >= 0.3 is 0 Å². The smallest absolute Gasteiger partial charge is 0.0680 e. The second-order valence-electron chi connectivity index (χ2n) is 8.05. The lowest BCUT2D eigenvalue weighted by atomic mass is 9.84. The maximum Gasteiger partial charge on any atom is 0.0680 e. The Kier molecular flexibility index (Phi) is 2.67. The molecule has 0 bridgehead atoms. The SMILES string of the molecule is c1ccc2c(c1)Cc1ccc3c(c1-2)Cc1cccc2c1N3c1cnccc1C2. The van der Waals surface area contributed by atoms with E-state index < -0.39 is 0 Å². The fourth-order valence-corrected chi connectivity index (χ4v) is 5.43. The lowest BCUT2D eigenvalue weighted by molar-refractivity contribution is 1.00. The lowest BCUT2D eigenvalue weighted by Crippen LogP contribution is -2.25. The predicted molar refractivity (Wildman–Crippen MR) is 113 cm³/mol. The van der Waals surface area contributed by atoms with Crippen LogP contribution in [-0.2, 0) is 19.3 Å². The molecule has 1 aliphatic carbocycles. The van der Waals surface area contributed by atoms with Gasteiger partial charge in [-0.25, -0.2) is 0 Å². The first-order valence-electron chi connectivity index (χ1n) is 9.95. The highest BCUT2D eigenvalue weighted by molar-refractivity contribution is 5.94. The van der Waals surface area contributed by atoms with Crippen LogP contribution in [0, 0.1) is 0 Å². The van der Waals surface area contributed by atoms with Crippen molar-refractivity contribution in [1.29, 1.82) is 0 Å². The molecule has 2 nitrogen and oxygen atoms in total. The van der Waals surface area contributed by atoms with Gasteiger partial charge in [0.05, 0.1) is 23.3 Å². The van der Waals surface area contributed by atoms with Crippen LogP contribution in [0.3, 0.4) is 0 Å². The third-order valence-corrected chi connectivity index (χ3v) is 6.59. The van der Waals surface area contributed by atoms with Crippen molar-refractivity contribution < 1.29 is 0 Å². The fourth-order valence-electron chi connectivity index (χ4n) is 5.43. The van der Waals surface area contributed by atoms with Crippen LogP contribution in [0.2, 0.25) is 0 Å². The summed E-state index contributed by atoms with van der Waals surface area (Å²) in [7, 11) is 0. The second kappa shape index (κ2) is 5.11. The molecule has 0 spiro atoms. The van der Waals surface area contributed by atoms with Gasteiger partial charge in [-0.05, 0) is 63.1 Å². The third-order valence-electron chi connectivity index (χ3n) is 6.59. The van der Waals surface area contributed by atoms with Gasteiger partial charge in [0.2, 0.25) is 0 Å². The molecule has 0 atom stereocenters. The van der Waals surface area contributed by atoms with Crippen LogP contribution >= 0.6 is 0 Å². The number of anilines is 3. The zero-order valence-corrected chi connectivity index (χ0v) is 15.4. The Labute approximate surface area is 164 Å². The van der Waals surface area contributed by atoms with Gasteiger partial charge in [-0.3, -0.25) is 4.98 Å². The molecule has 132 valence electrons. The van der Waals surface area contributed by atoms with Gasteiger partial charge < -0.3 is 4.90 Å². The maximum atomic E-state index is 4.46. The first-order chi connectivity index (χ1) is 13.9. The van der Waals surface area contributed by atoms with Gasteiger partial charge in [0.25, 0.3) is 0 Å². The summed E-state index contributed by atoms with van der Waals surface area (Å²) in [6.45, 7) is 0. The first-order valence-corrected chi connectivity index (χ1v) is 9.95. The first kappa shape index (κ1) is 14.6. The van der Waals surface area contributed by atoms with E-state index in [0.717, 1.165) is 19.3 Å². The molecule has 4 aromatic rings. The predicted octanol–water partition coefficient (Wildman–Crippen LogP) is 5.93. The van der Waals surface area contributed by atoms with E-state index in [1.165, 1.54) is 61.6 Å². The second-order valence-corrected chi connectivity index (χ2v) is 8.05. The molecule has 0 saturated carbocycles. The topological polar surface area (TPSA) is 16.1 Å². The number of aromatic nitrogens is 1. The van der Waals surface area contributed by atoms with Crippen molar-refractivity contribution >= 4 is 17.1 Å². The fraction of sp³-hybridized carbons (Fsp3) is 0.115. The van der Waals surface area contributed by atoms with Crippen LogP contribution in [0.25, 0.3) is 11.1 Å². The number of hydrogen-bond acceptors (Lipinski definition) is 2. The van der Waals surface area contributed by atoms with Gasteiger partial charge in [0.15, 0.2) is 0 Å². The quantitative estimate of drug-likeness (QED) is 0.334. The minimum absolute atomic E-state index is 0.987. The Morgan fingerprint density at radius 2 is 1.46 bits per heavy atom. The number of benzene rings is 3. The monoisotopic (exact) mass is 358 g/mol. The zero-order chi connectivity index (χ0) is 18.2. The number of para-hydroxylation sites is 1. The van der Waals surface area contributed by atoms with Gasteiger partial charge in [0, 0.05) is 19.0 Å². The van der Waals surface area contributed by atoms with Crippen LogP contribution in [0.4, 0.5) is 17.1 Å². The Bertz CT molecular complexity index is 1300. The summed E-state index contributed by atoms with van der Waals surface area (Å²) >= 11 is 0. The minimum Gasteiger partial charge on any atom is -0.308 e.